The molecule has 7 nitrogen and oxygen atoms in total. The maximum Gasteiger partial charge on any atom is 0.249 e. The molecule has 1 aromatic rings. The van der Waals surface area contributed by atoms with Gasteiger partial charge in [-0.25, -0.2) is 0 Å². The van der Waals surface area contributed by atoms with Gasteiger partial charge in [0.25, 0.3) is 0 Å². The normalized spacial score (nSPS) is 40.2. The number of hydrogen-bond donors (Lipinski definition) is 2. The van der Waals surface area contributed by atoms with Gasteiger partial charge in [0, 0.05) is 18.0 Å². The third-order valence-corrected chi connectivity index (χ3v) is 9.84. The highest BCUT2D eigenvalue weighted by Gasteiger charge is 2.80. The van der Waals surface area contributed by atoms with Crippen molar-refractivity contribution < 1.29 is 19.1 Å². The van der Waals surface area contributed by atoms with Crippen molar-refractivity contribution >= 4 is 29.5 Å². The Bertz CT molecular complexity index is 1230. The average Bonchev–Trinajstić information content (AvgIpc) is 3.35. The third kappa shape index (κ3) is 1.87. The molecule has 0 aromatic heterocycles. The molecule has 3 amide bonds. The van der Waals surface area contributed by atoms with E-state index in [9.17, 15) is 14.4 Å². The van der Waals surface area contributed by atoms with E-state index in [1.54, 1.807) is 0 Å². The number of benzene rings is 1. The average molecular weight is 448 g/mol. The molecule has 4 saturated heterocycles. The van der Waals surface area contributed by atoms with Crippen LogP contribution in [0.25, 0.3) is 6.08 Å². The molecule has 33 heavy (non-hydrogen) atoms. The molecule has 172 valence electrons. The lowest BCUT2D eigenvalue weighted by molar-refractivity contribution is -0.175. The van der Waals surface area contributed by atoms with Gasteiger partial charge in [0.15, 0.2) is 0 Å². The van der Waals surface area contributed by atoms with E-state index in [0.717, 1.165) is 29.0 Å². The number of piperidine rings is 2. The Morgan fingerprint density at radius 3 is 2.67 bits per heavy atom. The van der Waals surface area contributed by atoms with E-state index < -0.39 is 27.5 Å². The molecule has 3 spiro atoms. The number of ether oxygens (including phenoxy) is 1. The van der Waals surface area contributed by atoms with Gasteiger partial charge in [-0.1, -0.05) is 19.9 Å². The van der Waals surface area contributed by atoms with Crippen molar-refractivity contribution in [1.29, 1.82) is 0 Å². The van der Waals surface area contributed by atoms with Gasteiger partial charge in [0.1, 0.15) is 22.4 Å². The summed E-state index contributed by atoms with van der Waals surface area (Å²) in [5.41, 5.74) is -1.06. The van der Waals surface area contributed by atoms with E-state index >= 15 is 0 Å². The number of fused-ring (bicyclic) bond motifs is 5. The fourth-order valence-corrected chi connectivity index (χ4v) is 8.24. The van der Waals surface area contributed by atoms with E-state index in [0.29, 0.717) is 25.8 Å². The summed E-state index contributed by atoms with van der Waals surface area (Å²) in [5.74, 6) is 0.523. The highest BCUT2D eigenvalue weighted by molar-refractivity contribution is 6.12. The van der Waals surface area contributed by atoms with Crippen LogP contribution in [-0.2, 0) is 19.8 Å². The molecule has 1 aliphatic carbocycles. The number of carbonyl (C=O) groups excluding carboxylic acids is 3. The summed E-state index contributed by atoms with van der Waals surface area (Å²) in [6.07, 6.45) is 6.51. The van der Waals surface area contributed by atoms with Crippen molar-refractivity contribution in [3.63, 3.8) is 0 Å². The molecule has 6 aliphatic heterocycles. The molecule has 2 bridgehead atoms. The minimum atomic E-state index is -1.03. The Morgan fingerprint density at radius 2 is 1.88 bits per heavy atom. The molecule has 6 heterocycles. The number of hydrogen-bond acceptors (Lipinski definition) is 4. The second-order valence-electron chi connectivity index (χ2n) is 12.0. The zero-order valence-corrected chi connectivity index (χ0v) is 19.5. The smallest absolute Gasteiger partial charge is 0.249 e. The fraction of sp³-hybridized carbons (Fsp3) is 0.577. The Balaban J connectivity index is 1.43. The molecule has 7 heteroatoms. The van der Waals surface area contributed by atoms with Crippen LogP contribution in [0.2, 0.25) is 0 Å². The molecule has 0 radical (unpaired) electrons. The van der Waals surface area contributed by atoms with E-state index in [-0.39, 0.29) is 23.6 Å². The minimum Gasteiger partial charge on any atom is -0.483 e. The van der Waals surface area contributed by atoms with Crippen LogP contribution in [-0.4, -0.2) is 45.8 Å². The highest BCUT2D eigenvalue weighted by atomic mass is 16.5. The predicted molar refractivity (Wildman–Crippen MR) is 122 cm³/mol. The summed E-state index contributed by atoms with van der Waals surface area (Å²) in [7, 11) is 0. The number of anilines is 1. The highest BCUT2D eigenvalue weighted by Crippen LogP contribution is 2.70. The van der Waals surface area contributed by atoms with Crippen LogP contribution in [0.5, 0.6) is 5.75 Å². The molecule has 8 rings (SSSR count). The van der Waals surface area contributed by atoms with Crippen LogP contribution >= 0.6 is 0 Å². The van der Waals surface area contributed by atoms with Crippen molar-refractivity contribution in [2.45, 2.75) is 75.5 Å². The monoisotopic (exact) mass is 447 g/mol. The van der Waals surface area contributed by atoms with Gasteiger partial charge in [0.2, 0.25) is 17.7 Å². The summed E-state index contributed by atoms with van der Waals surface area (Å²) in [4.78, 5) is 43.0. The maximum absolute atomic E-state index is 13.9. The van der Waals surface area contributed by atoms with Crippen LogP contribution < -0.4 is 15.4 Å². The molecule has 7 aliphatic rings. The SMILES string of the molecule is CC1(C)C=Cc2c(ccc3c2NC(=O)[C@]32C[C@@]34NC(=O)[C@]5(CCCN5C3=O)C[C@@H]4C2(C)C)O1. The van der Waals surface area contributed by atoms with Gasteiger partial charge in [0.05, 0.1) is 11.1 Å². The van der Waals surface area contributed by atoms with Crippen molar-refractivity contribution in [3.8, 4) is 5.75 Å². The number of nitrogens with zero attached hydrogens (tertiary/aromatic N) is 1. The maximum atomic E-state index is 13.9. The van der Waals surface area contributed by atoms with Crippen LogP contribution in [0, 0.1) is 11.3 Å². The number of piperazine rings is 1. The van der Waals surface area contributed by atoms with E-state index in [1.807, 2.05) is 43.0 Å². The van der Waals surface area contributed by atoms with E-state index in [4.69, 9.17) is 4.74 Å². The van der Waals surface area contributed by atoms with Gasteiger partial charge in [-0.2, -0.15) is 0 Å². The van der Waals surface area contributed by atoms with Crippen LogP contribution in [0.1, 0.15) is 64.5 Å². The summed E-state index contributed by atoms with van der Waals surface area (Å²) < 4.78 is 6.15. The van der Waals surface area contributed by atoms with Crippen LogP contribution in [0.4, 0.5) is 5.69 Å². The molecular formula is C26H29N3O4. The number of amides is 3. The first-order valence-electron chi connectivity index (χ1n) is 12.0. The first kappa shape index (κ1) is 19.6. The largest absolute Gasteiger partial charge is 0.483 e. The molecular weight excluding hydrogens is 418 g/mol. The second-order valence-corrected chi connectivity index (χ2v) is 12.0. The van der Waals surface area contributed by atoms with Gasteiger partial charge in [-0.15, -0.1) is 0 Å². The number of carbonyl (C=O) groups is 3. The molecule has 2 N–H and O–H groups in total. The Hall–Kier alpha value is -2.83. The van der Waals surface area contributed by atoms with Crippen molar-refractivity contribution in [3.05, 3.63) is 29.3 Å². The Labute approximate surface area is 192 Å². The van der Waals surface area contributed by atoms with Crippen LogP contribution in [0.3, 0.4) is 0 Å². The zero-order chi connectivity index (χ0) is 23.2. The number of nitrogens with one attached hydrogen (secondary N) is 2. The van der Waals surface area contributed by atoms with Gasteiger partial charge >= 0.3 is 0 Å². The van der Waals surface area contributed by atoms with E-state index in [1.165, 1.54) is 0 Å². The summed E-state index contributed by atoms with van der Waals surface area (Å²) in [6, 6.07) is 3.95. The standard InChI is InChI=1S/C26H29N3O4/c1-22(2)10-8-14-16(33-22)7-6-15-18(14)27-20(31)25(15)13-26-17(23(25,3)4)12-24(19(30)28-26)9-5-11-29(24)21(26)32/h6-8,10,17H,5,9,11-13H2,1-4H3,(H,27,31)(H,28,30)/t17-,24+,25+,26+/m1/s1. The lowest BCUT2D eigenvalue weighted by atomic mass is 9.57. The van der Waals surface area contributed by atoms with E-state index in [2.05, 4.69) is 24.5 Å². The van der Waals surface area contributed by atoms with Gasteiger partial charge in [-0.3, -0.25) is 14.4 Å². The molecule has 4 atom stereocenters. The summed E-state index contributed by atoms with van der Waals surface area (Å²) in [5, 5.41) is 6.36. The minimum absolute atomic E-state index is 0.00462. The number of rotatable bonds is 0. The zero-order valence-electron chi connectivity index (χ0n) is 19.5. The quantitative estimate of drug-likeness (QED) is 0.640. The molecule has 1 aromatic carbocycles. The topological polar surface area (TPSA) is 87.7 Å². The predicted octanol–water partition coefficient (Wildman–Crippen LogP) is 2.74. The first-order valence-corrected chi connectivity index (χ1v) is 12.0. The Morgan fingerprint density at radius 1 is 1.09 bits per heavy atom. The summed E-state index contributed by atoms with van der Waals surface area (Å²) >= 11 is 0. The van der Waals surface area contributed by atoms with Crippen molar-refractivity contribution in [2.24, 2.45) is 11.3 Å². The molecule has 0 unspecified atom stereocenters. The van der Waals surface area contributed by atoms with Gasteiger partial charge in [-0.05, 0) is 68.7 Å². The summed E-state index contributed by atoms with van der Waals surface area (Å²) in [6.45, 7) is 8.86. The molecule has 5 fully saturated rings. The third-order valence-electron chi connectivity index (χ3n) is 9.84. The Kier molecular flexibility index (Phi) is 3.14. The molecule has 1 saturated carbocycles. The first-order chi connectivity index (χ1) is 15.5. The second kappa shape index (κ2) is 5.29. The van der Waals surface area contributed by atoms with Crippen molar-refractivity contribution in [1.82, 2.24) is 10.2 Å². The lowest BCUT2D eigenvalue weighted by Gasteiger charge is -2.59. The fourth-order valence-electron chi connectivity index (χ4n) is 8.24. The van der Waals surface area contributed by atoms with Crippen molar-refractivity contribution in [2.75, 3.05) is 11.9 Å². The lowest BCUT2D eigenvalue weighted by Crippen LogP contribution is -2.81. The van der Waals surface area contributed by atoms with Crippen LogP contribution in [0.15, 0.2) is 18.2 Å². The van der Waals surface area contributed by atoms with Gasteiger partial charge < -0.3 is 20.3 Å².